The highest BCUT2D eigenvalue weighted by Crippen LogP contribution is 2.15. The number of para-hydroxylation sites is 1. The average Bonchev–Trinajstić information content (AvgIpc) is 2.77. The van der Waals surface area contributed by atoms with E-state index in [4.69, 9.17) is 16.3 Å². The van der Waals surface area contributed by atoms with E-state index in [0.29, 0.717) is 17.8 Å². The number of aryl methyl sites for hydroxylation is 1. The van der Waals surface area contributed by atoms with Crippen molar-refractivity contribution in [2.24, 2.45) is 0 Å². The van der Waals surface area contributed by atoms with Crippen LogP contribution in [-0.4, -0.2) is 29.4 Å². The highest BCUT2D eigenvalue weighted by Gasteiger charge is 2.15. The highest BCUT2D eigenvalue weighted by atomic mass is 35.5. The molecule has 2 amide bonds. The Morgan fingerprint density at radius 1 is 1.03 bits per heavy atom. The van der Waals surface area contributed by atoms with Gasteiger partial charge in [-0.05, 0) is 36.8 Å². The summed E-state index contributed by atoms with van der Waals surface area (Å²) in [4.78, 5) is 40.6. The van der Waals surface area contributed by atoms with Crippen molar-refractivity contribution in [1.82, 2.24) is 10.3 Å². The van der Waals surface area contributed by atoms with Gasteiger partial charge in [-0.1, -0.05) is 53.6 Å². The molecule has 2 aromatic carbocycles. The number of benzene rings is 2. The monoisotopic (exact) mass is 437 g/mol. The fourth-order valence-electron chi connectivity index (χ4n) is 2.70. The van der Waals surface area contributed by atoms with Crippen LogP contribution < -0.4 is 10.6 Å². The number of nitrogens with zero attached hydrogens (tertiary/aromatic N) is 1. The Balaban J connectivity index is 1.57. The first-order valence-corrected chi connectivity index (χ1v) is 9.81. The third kappa shape index (κ3) is 6.38. The molecule has 7 nitrogen and oxygen atoms in total. The van der Waals surface area contributed by atoms with Gasteiger partial charge in [-0.25, -0.2) is 9.78 Å². The van der Waals surface area contributed by atoms with Crippen LogP contribution in [-0.2, 0) is 16.1 Å². The number of esters is 1. The second-order valence-electron chi connectivity index (χ2n) is 6.71. The normalized spacial score (nSPS) is 10.3. The number of carbonyl (C=O) groups is 3. The zero-order chi connectivity index (χ0) is 22.2. The molecule has 0 atom stereocenters. The Hall–Kier alpha value is -3.71. The number of anilines is 1. The number of amides is 2. The van der Waals surface area contributed by atoms with Crippen LogP contribution in [0.2, 0.25) is 5.15 Å². The van der Waals surface area contributed by atoms with Crippen LogP contribution in [0.5, 0.6) is 0 Å². The van der Waals surface area contributed by atoms with Crippen molar-refractivity contribution in [3.05, 3.63) is 94.3 Å². The molecule has 0 radical (unpaired) electrons. The van der Waals surface area contributed by atoms with Crippen LogP contribution in [0.25, 0.3) is 0 Å². The van der Waals surface area contributed by atoms with Gasteiger partial charge in [-0.2, -0.15) is 0 Å². The summed E-state index contributed by atoms with van der Waals surface area (Å²) >= 11 is 5.74. The summed E-state index contributed by atoms with van der Waals surface area (Å²) in [5.74, 6) is -1.62. The standard InChI is InChI=1S/C23H20ClN3O4/c1-15-6-8-16(9-7-15)13-26-22(29)18-4-2-3-5-19(18)27-21(28)14-31-23(30)17-10-11-25-20(24)12-17/h2-12H,13-14H2,1H3,(H,26,29)(H,27,28). The number of pyridine rings is 1. The molecular weight excluding hydrogens is 418 g/mol. The van der Waals surface area contributed by atoms with Crippen molar-refractivity contribution >= 4 is 35.1 Å². The molecule has 8 heteroatoms. The lowest BCUT2D eigenvalue weighted by atomic mass is 10.1. The Morgan fingerprint density at radius 2 is 1.77 bits per heavy atom. The molecule has 0 aliphatic carbocycles. The van der Waals surface area contributed by atoms with Gasteiger partial charge in [0.1, 0.15) is 5.15 Å². The van der Waals surface area contributed by atoms with Crippen molar-refractivity contribution < 1.29 is 19.1 Å². The van der Waals surface area contributed by atoms with Crippen molar-refractivity contribution in [2.75, 3.05) is 11.9 Å². The largest absolute Gasteiger partial charge is 0.452 e. The summed E-state index contributed by atoms with van der Waals surface area (Å²) in [6, 6.07) is 17.2. The van der Waals surface area contributed by atoms with E-state index in [0.717, 1.165) is 11.1 Å². The molecule has 158 valence electrons. The summed E-state index contributed by atoms with van der Waals surface area (Å²) in [5, 5.41) is 5.57. The van der Waals surface area contributed by atoms with E-state index in [1.54, 1.807) is 24.3 Å². The van der Waals surface area contributed by atoms with Crippen LogP contribution in [0.3, 0.4) is 0 Å². The summed E-state index contributed by atoms with van der Waals surface area (Å²) in [6.07, 6.45) is 1.37. The Morgan fingerprint density at radius 3 is 2.52 bits per heavy atom. The SMILES string of the molecule is Cc1ccc(CNC(=O)c2ccccc2NC(=O)COC(=O)c2ccnc(Cl)c2)cc1. The van der Waals surface area contributed by atoms with Crippen LogP contribution in [0.4, 0.5) is 5.69 Å². The summed E-state index contributed by atoms with van der Waals surface area (Å²) in [6.45, 7) is 1.83. The van der Waals surface area contributed by atoms with E-state index in [1.165, 1.54) is 18.3 Å². The van der Waals surface area contributed by atoms with Crippen LogP contribution in [0.1, 0.15) is 31.8 Å². The minimum atomic E-state index is -0.705. The van der Waals surface area contributed by atoms with Gasteiger partial charge >= 0.3 is 5.97 Å². The van der Waals surface area contributed by atoms with Crippen LogP contribution in [0.15, 0.2) is 66.9 Å². The topological polar surface area (TPSA) is 97.4 Å². The van der Waals surface area contributed by atoms with E-state index in [9.17, 15) is 14.4 Å². The predicted molar refractivity (Wildman–Crippen MR) is 117 cm³/mol. The molecule has 0 unspecified atom stereocenters. The van der Waals surface area contributed by atoms with Crippen molar-refractivity contribution in [1.29, 1.82) is 0 Å². The Kier molecular flexibility index (Phi) is 7.35. The van der Waals surface area contributed by atoms with Gasteiger partial charge in [0.15, 0.2) is 6.61 Å². The molecular formula is C23H20ClN3O4. The molecule has 0 aliphatic rings. The highest BCUT2D eigenvalue weighted by molar-refractivity contribution is 6.29. The fraction of sp³-hybridized carbons (Fsp3) is 0.130. The van der Waals surface area contributed by atoms with Gasteiger partial charge in [-0.15, -0.1) is 0 Å². The molecule has 0 fully saturated rings. The van der Waals surface area contributed by atoms with Gasteiger partial charge in [0, 0.05) is 12.7 Å². The molecule has 0 saturated carbocycles. The molecule has 0 aliphatic heterocycles. The number of nitrogens with one attached hydrogen (secondary N) is 2. The van der Waals surface area contributed by atoms with E-state index in [1.807, 2.05) is 31.2 Å². The number of hydrogen-bond donors (Lipinski definition) is 2. The van der Waals surface area contributed by atoms with Crippen molar-refractivity contribution in [3.63, 3.8) is 0 Å². The second kappa shape index (κ2) is 10.4. The number of halogens is 1. The number of carbonyl (C=O) groups excluding carboxylic acids is 3. The summed E-state index contributed by atoms with van der Waals surface area (Å²) < 4.78 is 4.99. The van der Waals surface area contributed by atoms with Gasteiger partial charge in [0.2, 0.25) is 0 Å². The Bertz CT molecular complexity index is 1100. The lowest BCUT2D eigenvalue weighted by Gasteiger charge is -2.12. The lowest BCUT2D eigenvalue weighted by molar-refractivity contribution is -0.119. The third-order valence-corrected chi connectivity index (χ3v) is 4.52. The molecule has 2 N–H and O–H groups in total. The zero-order valence-electron chi connectivity index (χ0n) is 16.7. The maximum atomic E-state index is 12.6. The predicted octanol–water partition coefficient (Wildman–Crippen LogP) is 3.77. The summed E-state index contributed by atoms with van der Waals surface area (Å²) in [7, 11) is 0. The molecule has 3 aromatic rings. The molecule has 31 heavy (non-hydrogen) atoms. The molecule has 1 heterocycles. The quantitative estimate of drug-likeness (QED) is 0.433. The van der Waals surface area contributed by atoms with Crippen LogP contribution in [0, 0.1) is 6.92 Å². The first-order valence-electron chi connectivity index (χ1n) is 9.43. The maximum absolute atomic E-state index is 12.6. The minimum Gasteiger partial charge on any atom is -0.452 e. The van der Waals surface area contributed by atoms with Gasteiger partial charge in [0.05, 0.1) is 16.8 Å². The number of ether oxygens (including phenoxy) is 1. The van der Waals surface area contributed by atoms with E-state index >= 15 is 0 Å². The van der Waals surface area contributed by atoms with Crippen molar-refractivity contribution in [3.8, 4) is 0 Å². The van der Waals surface area contributed by atoms with E-state index < -0.39 is 18.5 Å². The molecule has 0 saturated heterocycles. The second-order valence-corrected chi connectivity index (χ2v) is 7.09. The molecule has 1 aromatic heterocycles. The number of rotatable bonds is 7. The minimum absolute atomic E-state index is 0.143. The van der Waals surface area contributed by atoms with Crippen molar-refractivity contribution in [2.45, 2.75) is 13.5 Å². The van der Waals surface area contributed by atoms with Gasteiger partial charge < -0.3 is 15.4 Å². The lowest BCUT2D eigenvalue weighted by Crippen LogP contribution is -2.26. The Labute approximate surface area is 184 Å². The maximum Gasteiger partial charge on any atom is 0.338 e. The number of aromatic nitrogens is 1. The fourth-order valence-corrected chi connectivity index (χ4v) is 2.88. The first-order chi connectivity index (χ1) is 14.9. The zero-order valence-corrected chi connectivity index (χ0v) is 17.5. The number of hydrogen-bond acceptors (Lipinski definition) is 5. The molecule has 0 bridgehead atoms. The first kappa shape index (κ1) is 22.0. The van der Waals surface area contributed by atoms with E-state index in [-0.39, 0.29) is 16.6 Å². The van der Waals surface area contributed by atoms with E-state index in [2.05, 4.69) is 15.6 Å². The van der Waals surface area contributed by atoms with Gasteiger partial charge in [-0.3, -0.25) is 9.59 Å². The van der Waals surface area contributed by atoms with Crippen LogP contribution >= 0.6 is 11.6 Å². The summed E-state index contributed by atoms with van der Waals surface area (Å²) in [5.41, 5.74) is 2.90. The molecule has 3 rings (SSSR count). The average molecular weight is 438 g/mol. The third-order valence-electron chi connectivity index (χ3n) is 4.32. The molecule has 0 spiro atoms. The smallest absolute Gasteiger partial charge is 0.338 e. The van der Waals surface area contributed by atoms with Gasteiger partial charge in [0.25, 0.3) is 11.8 Å².